The highest BCUT2D eigenvalue weighted by Crippen LogP contribution is 2.44. The number of esters is 1. The number of thiazole rings is 1. The Bertz CT molecular complexity index is 2840. The number of thioether (sulfide) groups is 1. The molecule has 4 aromatic carbocycles. The Hall–Kier alpha value is -7.45. The number of rotatable bonds is 16. The number of methoxy groups -OCH3 is 1. The number of hydrogen-bond acceptors (Lipinski definition) is 16. The summed E-state index contributed by atoms with van der Waals surface area (Å²) >= 11 is 2.58. The molecule has 0 saturated carbocycles. The minimum Gasteiger partial charge on any atom is -0.503 e. The third-order valence-electron chi connectivity index (χ3n) is 11.7. The molecule has 4 N–H and O–H groups in total. The summed E-state index contributed by atoms with van der Waals surface area (Å²) in [5.41, 5.74) is 2.10. The third kappa shape index (κ3) is 9.15. The van der Waals surface area contributed by atoms with Crippen LogP contribution in [-0.2, 0) is 47.5 Å². The molecule has 3 aliphatic heterocycles. The van der Waals surface area contributed by atoms with Crippen LogP contribution in [0.3, 0.4) is 0 Å². The zero-order valence-corrected chi connectivity index (χ0v) is 38.3. The van der Waals surface area contributed by atoms with Gasteiger partial charge in [0.25, 0.3) is 11.8 Å². The molecule has 0 aliphatic carbocycles. The van der Waals surface area contributed by atoms with Gasteiger partial charge in [0.1, 0.15) is 52.5 Å². The molecular formula is C49H45N7O10S2. The Morgan fingerprint density at radius 1 is 0.926 bits per heavy atom. The second kappa shape index (κ2) is 19.8. The Kier molecular flexibility index (Phi) is 13.3. The second-order valence-electron chi connectivity index (χ2n) is 16.0. The Morgan fingerprint density at radius 2 is 1.57 bits per heavy atom. The number of ether oxygens (including phenoxy) is 2. The Labute approximate surface area is 398 Å². The van der Waals surface area contributed by atoms with Gasteiger partial charge in [-0.05, 0) is 40.8 Å². The number of carbonyl (C=O) groups excluding carboxylic acids is 3. The van der Waals surface area contributed by atoms with E-state index in [2.05, 4.69) is 15.8 Å². The van der Waals surface area contributed by atoms with Crippen LogP contribution in [0.25, 0.3) is 0 Å². The molecule has 3 aliphatic rings. The normalized spacial score (nSPS) is 18.4. The van der Waals surface area contributed by atoms with Gasteiger partial charge in [-0.25, -0.2) is 9.78 Å². The van der Waals surface area contributed by atoms with Crippen LogP contribution in [-0.4, -0.2) is 97.5 Å². The molecule has 9 rings (SSSR count). The fourth-order valence-corrected chi connectivity index (χ4v) is 10.5. The van der Waals surface area contributed by atoms with Crippen molar-refractivity contribution in [1.82, 2.24) is 25.0 Å². The van der Waals surface area contributed by atoms with E-state index in [0.717, 1.165) is 29.0 Å². The van der Waals surface area contributed by atoms with Gasteiger partial charge in [0.05, 0.1) is 13.3 Å². The van der Waals surface area contributed by atoms with E-state index in [1.54, 1.807) is 48.9 Å². The summed E-state index contributed by atoms with van der Waals surface area (Å²) < 4.78 is 11.5. The molecule has 2 aromatic heterocycles. The highest BCUT2D eigenvalue weighted by molar-refractivity contribution is 8.00. The molecule has 2 amide bonds. The van der Waals surface area contributed by atoms with Crippen LogP contribution in [0.4, 0.5) is 5.13 Å². The molecule has 3 atom stereocenters. The maximum Gasteiger partial charge on any atom is 0.355 e. The number of amides is 2. The molecule has 0 spiro atoms. The van der Waals surface area contributed by atoms with Crippen molar-refractivity contribution in [3.05, 3.63) is 188 Å². The monoisotopic (exact) mass is 955 g/mol. The molecule has 348 valence electrons. The van der Waals surface area contributed by atoms with E-state index in [4.69, 9.17) is 24.1 Å². The van der Waals surface area contributed by atoms with E-state index in [9.17, 15) is 29.5 Å². The summed E-state index contributed by atoms with van der Waals surface area (Å²) in [6, 6.07) is 36.6. The van der Waals surface area contributed by atoms with Crippen molar-refractivity contribution < 1.29 is 43.8 Å². The summed E-state index contributed by atoms with van der Waals surface area (Å²) in [5.74, 6) is -1.80. The number of nitrogens with one attached hydrogen (secondary N) is 2. The maximum atomic E-state index is 14.5. The topological polar surface area (TPSA) is 206 Å². The molecule has 2 saturated heterocycles. The average molecular weight is 956 g/mol. The lowest BCUT2D eigenvalue weighted by molar-refractivity contribution is -0.154. The summed E-state index contributed by atoms with van der Waals surface area (Å²) in [5, 5.41) is 33.8. The number of hydroxylamine groups is 2. The van der Waals surface area contributed by atoms with E-state index >= 15 is 0 Å². The number of β-lactam (4-membered cyclic amide) rings is 1. The number of pyridine rings is 1. The number of aromatic nitrogens is 2. The fraction of sp³-hybridized carbons (Fsp3) is 0.224. The Balaban J connectivity index is 1.02. The fourth-order valence-electron chi connectivity index (χ4n) is 8.30. The lowest BCUT2D eigenvalue weighted by Gasteiger charge is -2.50. The van der Waals surface area contributed by atoms with Crippen LogP contribution in [0.1, 0.15) is 40.1 Å². The highest BCUT2D eigenvalue weighted by atomic mass is 32.2. The van der Waals surface area contributed by atoms with Crippen LogP contribution in [0.2, 0.25) is 0 Å². The van der Waals surface area contributed by atoms with Crippen molar-refractivity contribution >= 4 is 51.7 Å². The summed E-state index contributed by atoms with van der Waals surface area (Å²) in [6.45, 7) is 0.0603. The summed E-state index contributed by atoms with van der Waals surface area (Å²) in [4.78, 5) is 72.9. The molecular weight excluding hydrogens is 911 g/mol. The van der Waals surface area contributed by atoms with Crippen LogP contribution >= 0.6 is 23.1 Å². The van der Waals surface area contributed by atoms with Crippen molar-refractivity contribution in [2.45, 2.75) is 42.7 Å². The lowest BCUT2D eigenvalue weighted by Crippen LogP contribution is -2.71. The zero-order valence-electron chi connectivity index (χ0n) is 36.7. The SMILES string of the molecule is COc1ccc(COC(=O)C2=C([C@@H]3CCN(C)O3)CSC3C(NC(=O)/C(=N\OCc4cc(=O)c(O)cn4O)c4csc(NC(c5ccccc5)(c5ccccc5)c5ccccc5)n4)C(=O)N23)cc1. The van der Waals surface area contributed by atoms with Gasteiger partial charge in [0.15, 0.2) is 23.2 Å². The molecule has 17 nitrogen and oxygen atoms in total. The highest BCUT2D eigenvalue weighted by Gasteiger charge is 2.56. The molecule has 0 bridgehead atoms. The minimum absolute atomic E-state index is 0.0604. The summed E-state index contributed by atoms with van der Waals surface area (Å²) in [6.07, 6.45) is 0.943. The number of hydrogen-bond donors (Lipinski definition) is 4. The molecule has 6 aromatic rings. The first-order valence-electron chi connectivity index (χ1n) is 21.4. The van der Waals surface area contributed by atoms with Gasteiger partial charge in [-0.15, -0.1) is 23.1 Å². The number of benzene rings is 4. The van der Waals surface area contributed by atoms with Gasteiger partial charge >= 0.3 is 5.97 Å². The standard InChI is InChI=1S/C49H45N7O10S2/c1-54-23-22-40(66-54)36-28-67-46-42(45(60)56(46)43(36)47(61)64-26-30-18-20-35(63-2)21-19-30)51-44(59)41(53-65-27-34-24-38(57)39(58)25-55(34)62)37-29-68-48(50-37)52-49(31-12-6-3-7-13-31,32-14-8-4-9-15-32)33-16-10-5-11-17-33/h3-21,24-25,29,40,42,46,58,62H,22-23,26-28H2,1-2H3,(H,50,52)(H,51,59)/b53-41-/t40-,42?,46?/m0/s1. The first kappa shape index (κ1) is 45.7. The van der Waals surface area contributed by atoms with Crippen molar-refractivity contribution in [1.29, 1.82) is 0 Å². The smallest absolute Gasteiger partial charge is 0.355 e. The van der Waals surface area contributed by atoms with Crippen LogP contribution < -0.4 is 20.8 Å². The van der Waals surface area contributed by atoms with E-state index in [1.807, 2.05) is 91.0 Å². The maximum absolute atomic E-state index is 14.5. The third-order valence-corrected chi connectivity index (χ3v) is 13.8. The quantitative estimate of drug-likeness (QED) is 0.0232. The van der Waals surface area contributed by atoms with E-state index in [1.165, 1.54) is 28.0 Å². The van der Waals surface area contributed by atoms with Gasteiger partial charge in [-0.3, -0.25) is 24.1 Å². The number of fused-ring (bicyclic) bond motifs is 1. The molecule has 2 fully saturated rings. The summed E-state index contributed by atoms with van der Waals surface area (Å²) in [7, 11) is 3.36. The van der Waals surface area contributed by atoms with Gasteiger partial charge in [-0.2, -0.15) is 9.79 Å². The Morgan fingerprint density at radius 3 is 2.18 bits per heavy atom. The molecule has 0 radical (unpaired) electrons. The zero-order chi connectivity index (χ0) is 47.4. The predicted octanol–water partition coefficient (Wildman–Crippen LogP) is 5.61. The lowest BCUT2D eigenvalue weighted by atomic mass is 9.77. The van der Waals surface area contributed by atoms with Gasteiger partial charge in [0, 0.05) is 36.4 Å². The number of oxime groups is 1. The number of nitrogens with zero attached hydrogens (tertiary/aromatic N) is 5. The molecule has 5 heterocycles. The van der Waals surface area contributed by atoms with E-state index in [-0.39, 0.29) is 29.4 Å². The largest absolute Gasteiger partial charge is 0.503 e. The van der Waals surface area contributed by atoms with Crippen LogP contribution in [0, 0.1) is 0 Å². The van der Waals surface area contributed by atoms with Crippen LogP contribution in [0.15, 0.2) is 154 Å². The predicted molar refractivity (Wildman–Crippen MR) is 253 cm³/mol. The van der Waals surface area contributed by atoms with Crippen molar-refractivity contribution in [3.8, 4) is 11.5 Å². The van der Waals surface area contributed by atoms with Gasteiger partial charge in [-0.1, -0.05) is 108 Å². The van der Waals surface area contributed by atoms with Crippen molar-refractivity contribution in [3.63, 3.8) is 0 Å². The van der Waals surface area contributed by atoms with Crippen LogP contribution in [0.5, 0.6) is 11.5 Å². The first-order chi connectivity index (χ1) is 33.0. The molecule has 19 heteroatoms. The van der Waals surface area contributed by atoms with Crippen molar-refractivity contribution in [2.24, 2.45) is 5.16 Å². The van der Waals surface area contributed by atoms with Crippen molar-refractivity contribution in [2.75, 3.05) is 31.8 Å². The average Bonchev–Trinajstić information content (AvgIpc) is 4.03. The minimum atomic E-state index is -1.10. The van der Waals surface area contributed by atoms with E-state index in [0.29, 0.717) is 45.5 Å². The first-order valence-corrected chi connectivity index (χ1v) is 23.4. The number of anilines is 1. The number of carbonyl (C=O) groups is 3. The number of aromatic hydroxyl groups is 1. The molecule has 2 unspecified atom stereocenters. The van der Waals surface area contributed by atoms with E-state index < -0.39 is 58.6 Å². The second-order valence-corrected chi connectivity index (χ2v) is 17.9. The van der Waals surface area contributed by atoms with Gasteiger partial charge < -0.3 is 35.3 Å². The van der Waals surface area contributed by atoms with Gasteiger partial charge in [0.2, 0.25) is 5.43 Å². The molecule has 68 heavy (non-hydrogen) atoms.